The van der Waals surface area contributed by atoms with Crippen LogP contribution in [0.15, 0.2) is 16.6 Å². The van der Waals surface area contributed by atoms with Gasteiger partial charge in [0.15, 0.2) is 0 Å². The number of hydrogen-bond acceptors (Lipinski definition) is 7. The van der Waals surface area contributed by atoms with Gasteiger partial charge in [-0.15, -0.1) is 0 Å². The maximum Gasteiger partial charge on any atom is 0.338 e. The topological polar surface area (TPSA) is 85.1 Å². The average molecular weight is 527 g/mol. The van der Waals surface area contributed by atoms with Crippen molar-refractivity contribution in [3.63, 3.8) is 0 Å². The molecule has 0 radical (unpaired) electrons. The van der Waals surface area contributed by atoms with Crippen LogP contribution in [0.3, 0.4) is 0 Å². The van der Waals surface area contributed by atoms with E-state index in [9.17, 15) is 9.59 Å². The fraction of sp³-hybridized carbons (Fsp3) is 0.680. The lowest BCUT2D eigenvalue weighted by Gasteiger charge is -2.34. The molecule has 1 aromatic rings. The third-order valence-corrected chi connectivity index (χ3v) is 7.00. The van der Waals surface area contributed by atoms with E-state index in [1.165, 1.54) is 39.0 Å². The molecule has 1 fully saturated rings. The first kappa shape index (κ1) is 27.6. The number of carbonyl (C=O) groups excluding carboxylic acids is 2. The third-order valence-electron chi connectivity index (χ3n) is 6.35. The Morgan fingerprint density at radius 1 is 1.12 bits per heavy atom. The number of rotatable bonds is 12. The minimum atomic E-state index is -0.360. The van der Waals surface area contributed by atoms with Crippen LogP contribution in [0.25, 0.3) is 0 Å². The molecule has 0 bridgehead atoms. The number of hydrogen-bond donors (Lipinski definition) is 1. The van der Waals surface area contributed by atoms with Gasteiger partial charge in [0, 0.05) is 43.1 Å². The number of anilines is 1. The highest BCUT2D eigenvalue weighted by atomic mass is 79.9. The zero-order valence-corrected chi connectivity index (χ0v) is 22.2. The van der Waals surface area contributed by atoms with Crippen molar-refractivity contribution in [3.8, 4) is 0 Å². The van der Waals surface area contributed by atoms with Gasteiger partial charge in [-0.05, 0) is 66.9 Å². The lowest BCUT2D eigenvalue weighted by Crippen LogP contribution is -2.37. The molecule has 1 saturated carbocycles. The van der Waals surface area contributed by atoms with E-state index in [0.29, 0.717) is 37.0 Å². The highest BCUT2D eigenvalue weighted by Crippen LogP contribution is 2.30. The third kappa shape index (κ3) is 8.91. The molecule has 0 aromatic heterocycles. The van der Waals surface area contributed by atoms with E-state index in [0.717, 1.165) is 23.1 Å². The standard InChI is InChI=1S/C25H40BrN3O4/c1-5-28(22-9-7-6-8-10-22)17-21-15-20(16-23(26)24(21)27)25(31)33-14-12-29(18(2)3)11-13-32-19(4)30/h15-16,18,22H,5-14,17,27H2,1-4H3. The average Bonchev–Trinajstić information content (AvgIpc) is 2.78. The van der Waals surface area contributed by atoms with Gasteiger partial charge in [-0.25, -0.2) is 4.79 Å². The largest absolute Gasteiger partial charge is 0.465 e. The minimum Gasteiger partial charge on any atom is -0.465 e. The van der Waals surface area contributed by atoms with Crippen LogP contribution in [0, 0.1) is 0 Å². The summed E-state index contributed by atoms with van der Waals surface area (Å²) in [6.07, 6.45) is 6.32. The van der Waals surface area contributed by atoms with Crippen molar-refractivity contribution >= 4 is 33.6 Å². The minimum absolute atomic E-state index is 0.247. The van der Waals surface area contributed by atoms with Crippen LogP contribution in [0.2, 0.25) is 0 Å². The van der Waals surface area contributed by atoms with Crippen LogP contribution >= 0.6 is 15.9 Å². The van der Waals surface area contributed by atoms with Crippen molar-refractivity contribution in [3.05, 3.63) is 27.7 Å². The van der Waals surface area contributed by atoms with Gasteiger partial charge in [0.2, 0.25) is 0 Å². The maximum absolute atomic E-state index is 12.8. The number of ether oxygens (including phenoxy) is 2. The van der Waals surface area contributed by atoms with Gasteiger partial charge in [0.05, 0.1) is 11.3 Å². The Morgan fingerprint density at radius 3 is 2.33 bits per heavy atom. The molecule has 0 atom stereocenters. The van der Waals surface area contributed by atoms with Crippen molar-refractivity contribution in [1.29, 1.82) is 0 Å². The van der Waals surface area contributed by atoms with Crippen molar-refractivity contribution < 1.29 is 19.1 Å². The fourth-order valence-electron chi connectivity index (χ4n) is 4.36. The predicted molar refractivity (Wildman–Crippen MR) is 135 cm³/mol. The van der Waals surface area contributed by atoms with Crippen LogP contribution in [0.5, 0.6) is 0 Å². The lowest BCUT2D eigenvalue weighted by molar-refractivity contribution is -0.141. The Kier molecular flexibility index (Phi) is 11.6. The molecule has 0 aliphatic heterocycles. The summed E-state index contributed by atoms with van der Waals surface area (Å²) < 4.78 is 11.3. The molecule has 0 heterocycles. The molecule has 2 rings (SSSR count). The Hall–Kier alpha value is -1.64. The number of halogens is 1. The van der Waals surface area contributed by atoms with Gasteiger partial charge in [0.1, 0.15) is 13.2 Å². The van der Waals surface area contributed by atoms with E-state index in [-0.39, 0.29) is 24.6 Å². The first-order valence-electron chi connectivity index (χ1n) is 12.1. The van der Waals surface area contributed by atoms with Gasteiger partial charge in [-0.1, -0.05) is 26.2 Å². The molecule has 1 aliphatic rings. The molecule has 186 valence electrons. The molecule has 0 saturated heterocycles. The molecular weight excluding hydrogens is 486 g/mol. The molecule has 0 amide bonds. The summed E-state index contributed by atoms with van der Waals surface area (Å²) in [6.45, 7) is 11.1. The second-order valence-corrected chi connectivity index (χ2v) is 9.85. The van der Waals surface area contributed by atoms with E-state index in [1.807, 2.05) is 6.07 Å². The normalized spacial score (nSPS) is 14.8. The molecule has 0 unspecified atom stereocenters. The summed E-state index contributed by atoms with van der Waals surface area (Å²) in [4.78, 5) is 28.4. The van der Waals surface area contributed by atoms with Gasteiger partial charge < -0.3 is 15.2 Å². The van der Waals surface area contributed by atoms with Gasteiger partial charge in [-0.3, -0.25) is 14.6 Å². The van der Waals surface area contributed by atoms with E-state index in [2.05, 4.69) is 46.5 Å². The zero-order valence-electron chi connectivity index (χ0n) is 20.6. The number of carbonyl (C=O) groups is 2. The second kappa shape index (κ2) is 13.9. The second-order valence-electron chi connectivity index (χ2n) is 8.99. The van der Waals surface area contributed by atoms with Gasteiger partial charge in [-0.2, -0.15) is 0 Å². The summed E-state index contributed by atoms with van der Waals surface area (Å²) in [6, 6.07) is 4.43. The highest BCUT2D eigenvalue weighted by molar-refractivity contribution is 9.10. The van der Waals surface area contributed by atoms with E-state index in [1.54, 1.807) is 6.07 Å². The van der Waals surface area contributed by atoms with Crippen molar-refractivity contribution in [2.75, 3.05) is 38.6 Å². The first-order chi connectivity index (χ1) is 15.7. The number of nitrogen functional groups attached to an aromatic ring is 1. The molecule has 2 N–H and O–H groups in total. The molecule has 1 aliphatic carbocycles. The van der Waals surface area contributed by atoms with Crippen molar-refractivity contribution in [2.45, 2.75) is 78.4 Å². The smallest absolute Gasteiger partial charge is 0.338 e. The number of esters is 2. The monoisotopic (exact) mass is 525 g/mol. The summed E-state index contributed by atoms with van der Waals surface area (Å²) in [7, 11) is 0. The fourth-order valence-corrected chi connectivity index (χ4v) is 4.86. The van der Waals surface area contributed by atoms with E-state index >= 15 is 0 Å². The summed E-state index contributed by atoms with van der Waals surface area (Å²) in [5, 5.41) is 0. The SMILES string of the molecule is CCN(Cc1cc(C(=O)OCCN(CCOC(C)=O)C(C)C)cc(Br)c1N)C1CCCCC1. The molecule has 1 aromatic carbocycles. The molecular formula is C25H40BrN3O4. The highest BCUT2D eigenvalue weighted by Gasteiger charge is 2.22. The molecule has 7 nitrogen and oxygen atoms in total. The maximum atomic E-state index is 12.8. The van der Waals surface area contributed by atoms with Crippen LogP contribution in [0.1, 0.15) is 75.7 Å². The van der Waals surface area contributed by atoms with Gasteiger partial charge >= 0.3 is 11.9 Å². The molecule has 0 spiro atoms. The summed E-state index contributed by atoms with van der Waals surface area (Å²) in [5.74, 6) is -0.652. The Labute approximate surface area is 207 Å². The molecule has 8 heteroatoms. The number of nitrogens with two attached hydrogens (primary N) is 1. The van der Waals surface area contributed by atoms with Crippen molar-refractivity contribution in [2.24, 2.45) is 0 Å². The van der Waals surface area contributed by atoms with Gasteiger partial charge in [0.25, 0.3) is 0 Å². The Morgan fingerprint density at radius 2 is 1.76 bits per heavy atom. The lowest BCUT2D eigenvalue weighted by atomic mass is 9.93. The first-order valence-corrected chi connectivity index (χ1v) is 12.9. The zero-order chi connectivity index (χ0) is 24.4. The summed E-state index contributed by atoms with van der Waals surface area (Å²) in [5.41, 5.74) is 8.49. The van der Waals surface area contributed by atoms with Crippen LogP contribution in [0.4, 0.5) is 5.69 Å². The van der Waals surface area contributed by atoms with Crippen molar-refractivity contribution in [1.82, 2.24) is 9.80 Å². The van der Waals surface area contributed by atoms with Crippen LogP contribution in [-0.2, 0) is 20.8 Å². The number of nitrogens with zero attached hydrogens (tertiary/aromatic N) is 2. The van der Waals surface area contributed by atoms with E-state index < -0.39 is 0 Å². The Bertz CT molecular complexity index is 781. The quantitative estimate of drug-likeness (QED) is 0.314. The Balaban J connectivity index is 1.99. The number of benzene rings is 1. The van der Waals surface area contributed by atoms with Crippen LogP contribution in [-0.4, -0.2) is 66.7 Å². The van der Waals surface area contributed by atoms with Crippen LogP contribution < -0.4 is 5.73 Å². The van der Waals surface area contributed by atoms with E-state index in [4.69, 9.17) is 15.2 Å². The summed E-state index contributed by atoms with van der Waals surface area (Å²) >= 11 is 3.52. The molecule has 33 heavy (non-hydrogen) atoms. The predicted octanol–water partition coefficient (Wildman–Crippen LogP) is 4.62.